The van der Waals surface area contributed by atoms with Crippen LogP contribution in [-0.2, 0) is 26.2 Å². The fourth-order valence-electron chi connectivity index (χ4n) is 4.92. The highest BCUT2D eigenvalue weighted by Crippen LogP contribution is 2.21. The predicted molar refractivity (Wildman–Crippen MR) is 148 cm³/mol. The third-order valence-corrected chi connectivity index (χ3v) is 8.72. The summed E-state index contributed by atoms with van der Waals surface area (Å²) < 4.78 is 27.2. The van der Waals surface area contributed by atoms with Gasteiger partial charge in [-0.25, -0.2) is 13.4 Å². The number of Topliss-reactive ketones (excluding diaryl/α,β-unsaturated/α-hetero) is 1. The molecule has 38 heavy (non-hydrogen) atoms. The highest BCUT2D eigenvalue weighted by Gasteiger charge is 2.35. The van der Waals surface area contributed by atoms with Crippen LogP contribution in [0.1, 0.15) is 38.7 Å². The highest BCUT2D eigenvalue weighted by atomic mass is 32.2. The summed E-state index contributed by atoms with van der Waals surface area (Å²) in [5.74, 6) is -0.245. The van der Waals surface area contributed by atoms with Crippen LogP contribution in [0.25, 0.3) is 10.8 Å². The summed E-state index contributed by atoms with van der Waals surface area (Å²) >= 11 is 0. The molecule has 0 aliphatic carbocycles. The van der Waals surface area contributed by atoms with Crippen LogP contribution in [0.5, 0.6) is 0 Å². The Morgan fingerprint density at radius 2 is 1.84 bits per heavy atom. The first-order valence-electron chi connectivity index (χ1n) is 13.1. The second-order valence-electron chi connectivity index (χ2n) is 10.4. The molecular weight excluding hydrogens is 500 g/mol. The summed E-state index contributed by atoms with van der Waals surface area (Å²) in [6.45, 7) is 4.65. The smallest absolute Gasteiger partial charge is 0.260 e. The average molecular weight is 537 g/mol. The summed E-state index contributed by atoms with van der Waals surface area (Å²) in [7, 11) is -1.96. The number of sulfonamides is 1. The number of likely N-dealkylation sites (N-methyl/N-ethyl adjacent to an activating group) is 1. The van der Waals surface area contributed by atoms with Crippen molar-refractivity contribution in [1.82, 2.24) is 19.5 Å². The number of aromatic nitrogens is 1. The first kappa shape index (κ1) is 27.9. The molecule has 4 rings (SSSR count). The van der Waals surface area contributed by atoms with Gasteiger partial charge in [-0.2, -0.15) is 4.31 Å². The lowest BCUT2D eigenvalue weighted by Gasteiger charge is -2.30. The zero-order valence-electron chi connectivity index (χ0n) is 22.2. The Balaban J connectivity index is 1.44. The third-order valence-electron chi connectivity index (χ3n) is 6.95. The maximum atomic E-state index is 13.5. The van der Waals surface area contributed by atoms with Crippen LogP contribution in [0.4, 0.5) is 0 Å². The molecule has 2 atom stereocenters. The van der Waals surface area contributed by atoms with Gasteiger partial charge >= 0.3 is 0 Å². The Morgan fingerprint density at radius 1 is 1.11 bits per heavy atom. The summed E-state index contributed by atoms with van der Waals surface area (Å²) in [5.41, 5.74) is 1.11. The first-order chi connectivity index (χ1) is 18.1. The lowest BCUT2D eigenvalue weighted by molar-refractivity contribution is -0.131. The van der Waals surface area contributed by atoms with Crippen LogP contribution in [-0.4, -0.2) is 66.5 Å². The third kappa shape index (κ3) is 6.64. The van der Waals surface area contributed by atoms with Gasteiger partial charge in [0.05, 0.1) is 18.6 Å². The molecule has 1 aliphatic rings. The van der Waals surface area contributed by atoms with Gasteiger partial charge in [0.1, 0.15) is 0 Å². The van der Waals surface area contributed by atoms with Crippen LogP contribution in [0.3, 0.4) is 0 Å². The molecule has 8 nitrogen and oxygen atoms in total. The van der Waals surface area contributed by atoms with E-state index in [1.165, 1.54) is 22.0 Å². The van der Waals surface area contributed by atoms with Crippen molar-refractivity contribution in [2.45, 2.75) is 56.8 Å². The molecule has 0 spiro atoms. The van der Waals surface area contributed by atoms with Crippen LogP contribution >= 0.6 is 0 Å². The molecule has 202 valence electrons. The number of nitrogens with one attached hydrogen (secondary N) is 1. The zero-order chi connectivity index (χ0) is 27.3. The van der Waals surface area contributed by atoms with E-state index in [0.29, 0.717) is 25.8 Å². The molecule has 0 saturated carbocycles. The topological polar surface area (TPSA) is 99.7 Å². The van der Waals surface area contributed by atoms with Crippen LogP contribution in [0, 0.1) is 5.92 Å². The average Bonchev–Trinajstić information content (AvgIpc) is 3.09. The van der Waals surface area contributed by atoms with Gasteiger partial charge in [-0.05, 0) is 66.8 Å². The number of carbonyl (C=O) groups is 2. The van der Waals surface area contributed by atoms with Gasteiger partial charge in [0.2, 0.25) is 5.91 Å². The van der Waals surface area contributed by atoms with E-state index in [0.717, 1.165) is 10.9 Å². The van der Waals surface area contributed by atoms with Crippen LogP contribution in [0.15, 0.2) is 71.9 Å². The number of ketones is 1. The van der Waals surface area contributed by atoms with Gasteiger partial charge in [0.15, 0.2) is 10.8 Å². The molecule has 1 unspecified atom stereocenters. The lowest BCUT2D eigenvalue weighted by atomic mass is 9.99. The van der Waals surface area contributed by atoms with E-state index >= 15 is 0 Å². The molecule has 1 N–H and O–H groups in total. The van der Waals surface area contributed by atoms with Crippen LogP contribution < -0.4 is 5.32 Å². The summed E-state index contributed by atoms with van der Waals surface area (Å²) in [6, 6.07) is 18.0. The van der Waals surface area contributed by atoms with Gasteiger partial charge in [-0.15, -0.1) is 0 Å². The second-order valence-corrected chi connectivity index (χ2v) is 12.3. The van der Waals surface area contributed by atoms with Crippen molar-refractivity contribution in [2.75, 3.05) is 20.1 Å². The molecule has 1 fully saturated rings. The van der Waals surface area contributed by atoms with Gasteiger partial charge in [-0.3, -0.25) is 14.5 Å². The maximum Gasteiger partial charge on any atom is 0.260 e. The molecule has 3 aromatic rings. The van der Waals surface area contributed by atoms with Crippen molar-refractivity contribution in [3.05, 3.63) is 72.4 Å². The van der Waals surface area contributed by atoms with E-state index < -0.39 is 22.1 Å². The minimum atomic E-state index is -3.89. The number of nitrogens with zero attached hydrogens (tertiary/aromatic N) is 3. The van der Waals surface area contributed by atoms with Crippen LogP contribution in [0.2, 0.25) is 0 Å². The van der Waals surface area contributed by atoms with E-state index in [-0.39, 0.29) is 35.7 Å². The SMILES string of the molecule is CC(C)C[C@@H](C(=O)NC1CCCN(S(=O)(=O)c2ccccn2)CC1=O)N(C)Cc1ccc2ccccc2c1. The number of amides is 1. The Hall–Kier alpha value is -3.14. The highest BCUT2D eigenvalue weighted by molar-refractivity contribution is 7.89. The minimum absolute atomic E-state index is 0.0809. The number of rotatable bonds is 9. The predicted octanol–water partition coefficient (Wildman–Crippen LogP) is 3.62. The van der Waals surface area contributed by atoms with Crippen molar-refractivity contribution >= 4 is 32.5 Å². The summed E-state index contributed by atoms with van der Waals surface area (Å²) in [6.07, 6.45) is 2.90. The second kappa shape index (κ2) is 12.1. The molecule has 1 aliphatic heterocycles. The van der Waals surface area contributed by atoms with E-state index in [1.807, 2.05) is 24.1 Å². The number of benzene rings is 2. The number of hydrogen-bond acceptors (Lipinski definition) is 6. The Kier molecular flexibility index (Phi) is 8.91. The number of carbonyl (C=O) groups excluding carboxylic acids is 2. The van der Waals surface area contributed by atoms with E-state index in [9.17, 15) is 18.0 Å². The molecule has 1 aromatic heterocycles. The quantitative estimate of drug-likeness (QED) is 0.449. The van der Waals surface area contributed by atoms with Gasteiger partial charge < -0.3 is 5.32 Å². The standard InChI is InChI=1S/C29H36N4O4S/c1-21(2)17-26(32(3)19-22-13-14-23-9-4-5-10-24(23)18-22)29(35)31-25-11-8-16-33(20-27(25)34)38(36,37)28-12-6-7-15-30-28/h4-7,9-10,12-15,18,21,25-26H,8,11,16-17,19-20H2,1-3H3,(H,31,35)/t25?,26-/m0/s1. The van der Waals surface area contributed by atoms with E-state index in [2.05, 4.69) is 54.5 Å². The monoisotopic (exact) mass is 536 g/mol. The minimum Gasteiger partial charge on any atom is -0.345 e. The molecule has 0 radical (unpaired) electrons. The molecule has 9 heteroatoms. The Labute approximate surface area is 225 Å². The van der Waals surface area contributed by atoms with Crippen molar-refractivity contribution in [3.8, 4) is 0 Å². The molecule has 1 saturated heterocycles. The van der Waals surface area contributed by atoms with E-state index in [4.69, 9.17) is 0 Å². The maximum absolute atomic E-state index is 13.5. The van der Waals surface area contributed by atoms with Crippen molar-refractivity contribution in [3.63, 3.8) is 0 Å². The Bertz CT molecular complexity index is 1380. The lowest BCUT2D eigenvalue weighted by Crippen LogP contribution is -2.51. The molecular formula is C29H36N4O4S. The van der Waals surface area contributed by atoms with Gasteiger partial charge in [0.25, 0.3) is 10.0 Å². The van der Waals surface area contributed by atoms with Crippen molar-refractivity contribution < 1.29 is 18.0 Å². The fourth-order valence-corrected chi connectivity index (χ4v) is 6.30. The molecule has 1 amide bonds. The van der Waals surface area contributed by atoms with E-state index in [1.54, 1.807) is 12.1 Å². The molecule has 2 heterocycles. The number of fused-ring (bicyclic) bond motifs is 1. The normalized spacial score (nSPS) is 18.0. The Morgan fingerprint density at radius 3 is 2.55 bits per heavy atom. The first-order valence-corrected chi connectivity index (χ1v) is 14.5. The summed E-state index contributed by atoms with van der Waals surface area (Å²) in [5, 5.41) is 5.19. The zero-order valence-corrected chi connectivity index (χ0v) is 23.0. The van der Waals surface area contributed by atoms with Crippen molar-refractivity contribution in [2.24, 2.45) is 5.92 Å². The molecule has 0 bridgehead atoms. The molecule has 2 aromatic carbocycles. The largest absolute Gasteiger partial charge is 0.345 e. The summed E-state index contributed by atoms with van der Waals surface area (Å²) in [4.78, 5) is 32.6. The van der Waals surface area contributed by atoms with Crippen molar-refractivity contribution in [1.29, 1.82) is 0 Å². The number of pyridine rings is 1. The van der Waals surface area contributed by atoms with Gasteiger partial charge in [-0.1, -0.05) is 56.3 Å². The van der Waals surface area contributed by atoms with Gasteiger partial charge in [0, 0.05) is 19.3 Å². The fraction of sp³-hybridized carbons (Fsp3) is 0.414. The number of hydrogen-bond donors (Lipinski definition) is 1.